The van der Waals surface area contributed by atoms with E-state index in [1.165, 1.54) is 11.8 Å². The topological polar surface area (TPSA) is 29.5 Å². The molecule has 3 aromatic rings. The van der Waals surface area contributed by atoms with Crippen LogP contribution in [0.5, 0.6) is 5.75 Å². The van der Waals surface area contributed by atoms with E-state index >= 15 is 0 Å². The summed E-state index contributed by atoms with van der Waals surface area (Å²) >= 11 is 6.81. The monoisotopic (exact) mass is 391 g/mol. The van der Waals surface area contributed by atoms with Crippen LogP contribution in [0, 0.1) is 6.92 Å². The third-order valence-corrected chi connectivity index (χ3v) is 5.78. The van der Waals surface area contributed by atoms with Crippen molar-refractivity contribution in [3.05, 3.63) is 76.7 Å². The third kappa shape index (κ3) is 3.24. The molecule has 0 unspecified atom stereocenters. The van der Waals surface area contributed by atoms with E-state index in [-0.39, 0.29) is 5.91 Å². The van der Waals surface area contributed by atoms with Crippen molar-refractivity contribution >= 4 is 56.7 Å². The number of methoxy groups -OCH3 is 1. The zero-order chi connectivity index (χ0) is 19.0. The number of nitrogens with zero attached hydrogens (tertiary/aromatic N) is 1. The van der Waals surface area contributed by atoms with E-state index in [9.17, 15) is 4.79 Å². The molecule has 134 valence electrons. The summed E-state index contributed by atoms with van der Waals surface area (Å²) in [5.41, 5.74) is 2.77. The highest BCUT2D eigenvalue weighted by molar-refractivity contribution is 8.27. The van der Waals surface area contributed by atoms with Gasteiger partial charge in [-0.25, -0.2) is 0 Å². The lowest BCUT2D eigenvalue weighted by atomic mass is 10.0. The number of aryl methyl sites for hydroxylation is 1. The molecule has 1 saturated heterocycles. The van der Waals surface area contributed by atoms with Gasteiger partial charge in [0, 0.05) is 5.56 Å². The quantitative estimate of drug-likeness (QED) is 0.432. The Morgan fingerprint density at radius 1 is 1.07 bits per heavy atom. The van der Waals surface area contributed by atoms with Crippen LogP contribution in [0.1, 0.15) is 11.1 Å². The first-order valence-corrected chi connectivity index (χ1v) is 9.71. The number of amides is 1. The Labute approximate surface area is 167 Å². The minimum absolute atomic E-state index is 0.106. The van der Waals surface area contributed by atoms with Gasteiger partial charge in [0.25, 0.3) is 5.91 Å². The second-order valence-electron chi connectivity index (χ2n) is 6.26. The molecule has 1 amide bonds. The average molecular weight is 392 g/mol. The Morgan fingerprint density at radius 3 is 2.67 bits per heavy atom. The highest BCUT2D eigenvalue weighted by Gasteiger charge is 2.33. The minimum Gasteiger partial charge on any atom is -0.496 e. The van der Waals surface area contributed by atoms with E-state index in [0.29, 0.717) is 9.23 Å². The highest BCUT2D eigenvalue weighted by Crippen LogP contribution is 2.39. The molecule has 5 heteroatoms. The fourth-order valence-electron chi connectivity index (χ4n) is 3.19. The summed E-state index contributed by atoms with van der Waals surface area (Å²) in [5.74, 6) is 0.625. The first-order chi connectivity index (χ1) is 13.1. The van der Waals surface area contributed by atoms with Gasteiger partial charge in [0.15, 0.2) is 4.32 Å². The molecule has 0 spiro atoms. The highest BCUT2D eigenvalue weighted by atomic mass is 32.2. The number of benzene rings is 3. The molecule has 3 aromatic carbocycles. The molecule has 4 rings (SSSR count). The van der Waals surface area contributed by atoms with Gasteiger partial charge in [-0.15, -0.1) is 0 Å². The van der Waals surface area contributed by atoms with E-state index in [1.807, 2.05) is 73.7 Å². The van der Waals surface area contributed by atoms with Gasteiger partial charge in [0.2, 0.25) is 0 Å². The maximum atomic E-state index is 13.1. The number of thiocarbonyl (C=S) groups is 1. The molecule has 0 atom stereocenters. The van der Waals surface area contributed by atoms with E-state index in [2.05, 4.69) is 0 Å². The molecule has 3 nitrogen and oxygen atoms in total. The first kappa shape index (κ1) is 17.8. The van der Waals surface area contributed by atoms with Crippen LogP contribution in [0.25, 0.3) is 16.8 Å². The van der Waals surface area contributed by atoms with Gasteiger partial charge in [-0.1, -0.05) is 66.4 Å². The molecule has 0 bridgehead atoms. The van der Waals surface area contributed by atoms with Crippen molar-refractivity contribution in [2.24, 2.45) is 0 Å². The van der Waals surface area contributed by atoms with E-state index in [1.54, 1.807) is 12.0 Å². The smallest absolute Gasteiger partial charge is 0.270 e. The average Bonchev–Trinajstić information content (AvgIpc) is 2.95. The van der Waals surface area contributed by atoms with Crippen LogP contribution < -0.4 is 9.64 Å². The number of anilines is 1. The number of hydrogen-bond acceptors (Lipinski definition) is 4. The number of fused-ring (bicyclic) bond motifs is 1. The van der Waals surface area contributed by atoms with Gasteiger partial charge >= 0.3 is 0 Å². The number of ether oxygens (including phenoxy) is 1. The summed E-state index contributed by atoms with van der Waals surface area (Å²) < 4.78 is 6.08. The summed E-state index contributed by atoms with van der Waals surface area (Å²) in [4.78, 5) is 15.3. The Hall–Kier alpha value is -2.63. The van der Waals surface area contributed by atoms with Crippen molar-refractivity contribution in [2.75, 3.05) is 12.0 Å². The molecule has 0 aliphatic carbocycles. The molecule has 0 aromatic heterocycles. The number of thioether (sulfide) groups is 1. The summed E-state index contributed by atoms with van der Waals surface area (Å²) in [7, 11) is 1.64. The van der Waals surface area contributed by atoms with Crippen LogP contribution in [0.2, 0.25) is 0 Å². The first-order valence-electron chi connectivity index (χ1n) is 8.49. The molecule has 27 heavy (non-hydrogen) atoms. The standard InChI is InChI=1S/C22H17NO2S2/c1-14-6-5-8-16(12-14)23-21(24)20(27-22(23)26)13-18-17-9-4-3-7-15(17)10-11-19(18)25-2/h3-13H,1-2H3/b20-13-. The molecule has 1 aliphatic heterocycles. The molecular formula is C22H17NO2S2. The van der Waals surface area contributed by atoms with Crippen molar-refractivity contribution in [2.45, 2.75) is 6.92 Å². The summed E-state index contributed by atoms with van der Waals surface area (Å²) in [5, 5.41) is 2.14. The number of hydrogen-bond donors (Lipinski definition) is 0. The molecular weight excluding hydrogens is 374 g/mol. The SMILES string of the molecule is COc1ccc2ccccc2c1/C=C1\SC(=S)N(c2cccc(C)c2)C1=O. The fraction of sp³-hybridized carbons (Fsp3) is 0.0909. The Bertz CT molecular complexity index is 1100. The largest absolute Gasteiger partial charge is 0.496 e. The Morgan fingerprint density at radius 2 is 1.89 bits per heavy atom. The molecule has 1 fully saturated rings. The van der Waals surface area contributed by atoms with Crippen molar-refractivity contribution in [3.63, 3.8) is 0 Å². The second kappa shape index (κ2) is 7.18. The minimum atomic E-state index is -0.106. The number of carbonyl (C=O) groups excluding carboxylic acids is 1. The van der Waals surface area contributed by atoms with Gasteiger partial charge in [0.05, 0.1) is 17.7 Å². The third-order valence-electron chi connectivity index (χ3n) is 4.48. The fourth-order valence-corrected chi connectivity index (χ4v) is 4.47. The number of rotatable bonds is 3. The molecule has 0 saturated carbocycles. The maximum absolute atomic E-state index is 13.1. The molecule has 1 aliphatic rings. The molecule has 0 radical (unpaired) electrons. The van der Waals surface area contributed by atoms with Crippen molar-refractivity contribution in [1.82, 2.24) is 0 Å². The van der Waals surface area contributed by atoms with Crippen molar-refractivity contribution in [3.8, 4) is 5.75 Å². The van der Waals surface area contributed by atoms with Crippen LogP contribution in [0.15, 0.2) is 65.6 Å². The van der Waals surface area contributed by atoms with Crippen LogP contribution in [0.4, 0.5) is 5.69 Å². The predicted octanol–water partition coefficient (Wildman–Crippen LogP) is 5.56. The van der Waals surface area contributed by atoms with Crippen LogP contribution in [-0.2, 0) is 4.79 Å². The normalized spacial score (nSPS) is 15.8. The molecule has 0 N–H and O–H groups in total. The van der Waals surface area contributed by atoms with Gasteiger partial charge in [-0.3, -0.25) is 9.69 Å². The summed E-state index contributed by atoms with van der Waals surface area (Å²) in [6.45, 7) is 2.00. The summed E-state index contributed by atoms with van der Waals surface area (Å²) in [6, 6.07) is 19.8. The lowest BCUT2D eigenvalue weighted by Gasteiger charge is -2.15. The lowest BCUT2D eigenvalue weighted by Crippen LogP contribution is -2.27. The summed E-state index contributed by atoms with van der Waals surface area (Å²) in [6.07, 6.45) is 1.89. The van der Waals surface area contributed by atoms with Crippen molar-refractivity contribution in [1.29, 1.82) is 0 Å². The van der Waals surface area contributed by atoms with Crippen LogP contribution >= 0.6 is 24.0 Å². The van der Waals surface area contributed by atoms with Crippen LogP contribution in [0.3, 0.4) is 0 Å². The zero-order valence-corrected chi connectivity index (χ0v) is 16.6. The molecule has 1 heterocycles. The Balaban J connectivity index is 1.81. The van der Waals surface area contributed by atoms with E-state index in [4.69, 9.17) is 17.0 Å². The van der Waals surface area contributed by atoms with Gasteiger partial charge in [-0.2, -0.15) is 0 Å². The van der Waals surface area contributed by atoms with E-state index < -0.39 is 0 Å². The predicted molar refractivity (Wildman–Crippen MR) is 117 cm³/mol. The van der Waals surface area contributed by atoms with Crippen LogP contribution in [-0.4, -0.2) is 17.3 Å². The number of carbonyl (C=O) groups is 1. The van der Waals surface area contributed by atoms with Gasteiger partial charge in [-0.05, 0) is 47.5 Å². The maximum Gasteiger partial charge on any atom is 0.270 e. The van der Waals surface area contributed by atoms with Crippen molar-refractivity contribution < 1.29 is 9.53 Å². The van der Waals surface area contributed by atoms with Gasteiger partial charge < -0.3 is 4.74 Å². The lowest BCUT2D eigenvalue weighted by molar-refractivity contribution is -0.113. The zero-order valence-electron chi connectivity index (χ0n) is 14.9. The van der Waals surface area contributed by atoms with Gasteiger partial charge in [0.1, 0.15) is 5.75 Å². The second-order valence-corrected chi connectivity index (χ2v) is 7.93. The Kier molecular flexibility index (Phi) is 4.72. The van der Waals surface area contributed by atoms with E-state index in [0.717, 1.165) is 33.3 Å².